The molecule has 0 atom stereocenters. The van der Waals surface area contributed by atoms with Crippen molar-refractivity contribution in [2.45, 2.75) is 27.3 Å². The number of nitrogens with zero attached hydrogens (tertiary/aromatic N) is 3. The zero-order chi connectivity index (χ0) is 23.1. The van der Waals surface area contributed by atoms with Crippen molar-refractivity contribution in [2.24, 2.45) is 5.92 Å². The standard InChI is InChI=1S/C25H31N3O4/c1-18(2)24(29)27(14-15-30-4)17-23-19(3)26-28(20-10-7-6-8-11-20)25(23)32-22-13-9-12-21(16-22)31-5/h6-13,16,18H,14-15,17H2,1-5H3. The van der Waals surface area contributed by atoms with Crippen molar-refractivity contribution >= 4 is 5.91 Å². The first kappa shape index (κ1) is 23.3. The Morgan fingerprint density at radius 2 is 1.78 bits per heavy atom. The average molecular weight is 438 g/mol. The number of hydrogen-bond donors (Lipinski definition) is 0. The Morgan fingerprint density at radius 3 is 2.44 bits per heavy atom. The monoisotopic (exact) mass is 437 g/mol. The molecule has 7 heteroatoms. The van der Waals surface area contributed by atoms with Gasteiger partial charge in [0.1, 0.15) is 11.5 Å². The van der Waals surface area contributed by atoms with Gasteiger partial charge in [-0.25, -0.2) is 4.68 Å². The minimum atomic E-state index is -0.126. The number of benzene rings is 2. The van der Waals surface area contributed by atoms with Gasteiger partial charge in [-0.1, -0.05) is 38.1 Å². The lowest BCUT2D eigenvalue weighted by atomic mass is 10.1. The molecule has 0 saturated carbocycles. The van der Waals surface area contributed by atoms with Crippen molar-refractivity contribution in [3.05, 3.63) is 65.9 Å². The van der Waals surface area contributed by atoms with E-state index in [4.69, 9.17) is 19.3 Å². The molecule has 0 aliphatic carbocycles. The lowest BCUT2D eigenvalue weighted by molar-refractivity contribution is -0.135. The summed E-state index contributed by atoms with van der Waals surface area (Å²) >= 11 is 0. The number of rotatable bonds is 10. The highest BCUT2D eigenvalue weighted by Crippen LogP contribution is 2.33. The van der Waals surface area contributed by atoms with Gasteiger partial charge in [0, 0.05) is 25.6 Å². The summed E-state index contributed by atoms with van der Waals surface area (Å²) in [5.41, 5.74) is 2.52. The molecule has 0 N–H and O–H groups in total. The highest BCUT2D eigenvalue weighted by atomic mass is 16.5. The summed E-state index contributed by atoms with van der Waals surface area (Å²) in [4.78, 5) is 14.7. The van der Waals surface area contributed by atoms with Crippen LogP contribution < -0.4 is 9.47 Å². The summed E-state index contributed by atoms with van der Waals surface area (Å²) in [6.07, 6.45) is 0. The number of hydrogen-bond acceptors (Lipinski definition) is 5. The maximum absolute atomic E-state index is 12.9. The van der Waals surface area contributed by atoms with Gasteiger partial charge in [-0.2, -0.15) is 5.10 Å². The van der Waals surface area contributed by atoms with E-state index in [1.165, 1.54) is 0 Å². The van der Waals surface area contributed by atoms with Crippen LogP contribution in [0.25, 0.3) is 5.69 Å². The minimum Gasteiger partial charge on any atom is -0.497 e. The number of ether oxygens (including phenoxy) is 3. The Hall–Kier alpha value is -3.32. The van der Waals surface area contributed by atoms with Gasteiger partial charge in [0.25, 0.3) is 0 Å². The molecule has 2 aromatic carbocycles. The average Bonchev–Trinajstić information content (AvgIpc) is 3.11. The van der Waals surface area contributed by atoms with E-state index >= 15 is 0 Å². The summed E-state index contributed by atoms with van der Waals surface area (Å²) in [6.45, 7) is 7.05. The molecule has 32 heavy (non-hydrogen) atoms. The third-order valence-electron chi connectivity index (χ3n) is 5.11. The van der Waals surface area contributed by atoms with Crippen molar-refractivity contribution in [2.75, 3.05) is 27.4 Å². The highest BCUT2D eigenvalue weighted by molar-refractivity contribution is 5.78. The van der Waals surface area contributed by atoms with Crippen LogP contribution in [0, 0.1) is 12.8 Å². The minimum absolute atomic E-state index is 0.0567. The predicted molar refractivity (Wildman–Crippen MR) is 124 cm³/mol. The van der Waals surface area contributed by atoms with Gasteiger partial charge in [0.2, 0.25) is 11.8 Å². The second-order valence-corrected chi connectivity index (χ2v) is 7.80. The molecule has 1 amide bonds. The van der Waals surface area contributed by atoms with Crippen LogP contribution in [0.3, 0.4) is 0 Å². The molecular formula is C25H31N3O4. The van der Waals surface area contributed by atoms with Crippen molar-refractivity contribution < 1.29 is 19.0 Å². The van der Waals surface area contributed by atoms with E-state index in [1.807, 2.05) is 75.4 Å². The summed E-state index contributed by atoms with van der Waals surface area (Å²) < 4.78 is 18.7. The van der Waals surface area contributed by atoms with Crippen LogP contribution in [0.2, 0.25) is 0 Å². The van der Waals surface area contributed by atoms with Crippen molar-refractivity contribution in [3.63, 3.8) is 0 Å². The summed E-state index contributed by atoms with van der Waals surface area (Å²) in [5.74, 6) is 1.82. The van der Waals surface area contributed by atoms with Crippen LogP contribution >= 0.6 is 0 Å². The number of amides is 1. The van der Waals surface area contributed by atoms with Gasteiger partial charge < -0.3 is 19.1 Å². The topological polar surface area (TPSA) is 65.8 Å². The fourth-order valence-corrected chi connectivity index (χ4v) is 3.37. The third kappa shape index (κ3) is 5.48. The third-order valence-corrected chi connectivity index (χ3v) is 5.11. The highest BCUT2D eigenvalue weighted by Gasteiger charge is 2.24. The number of carbonyl (C=O) groups excluding carboxylic acids is 1. The second kappa shape index (κ2) is 10.8. The molecule has 1 heterocycles. The first-order valence-electron chi connectivity index (χ1n) is 10.7. The molecule has 170 valence electrons. The molecular weight excluding hydrogens is 406 g/mol. The lowest BCUT2D eigenvalue weighted by Crippen LogP contribution is -2.36. The van der Waals surface area contributed by atoms with Crippen LogP contribution in [0.4, 0.5) is 0 Å². The van der Waals surface area contributed by atoms with E-state index in [1.54, 1.807) is 23.8 Å². The molecule has 0 aliphatic heterocycles. The maximum atomic E-state index is 12.9. The van der Waals surface area contributed by atoms with E-state index in [2.05, 4.69) is 0 Å². The fraction of sp³-hybridized carbons (Fsp3) is 0.360. The van der Waals surface area contributed by atoms with E-state index < -0.39 is 0 Å². The first-order valence-corrected chi connectivity index (χ1v) is 10.7. The van der Waals surface area contributed by atoms with Gasteiger partial charge in [-0.05, 0) is 31.2 Å². The Bertz CT molecular complexity index is 1030. The molecule has 1 aromatic heterocycles. The van der Waals surface area contributed by atoms with E-state index in [0.29, 0.717) is 37.1 Å². The van der Waals surface area contributed by atoms with Crippen LogP contribution in [-0.2, 0) is 16.1 Å². The molecule has 0 fully saturated rings. The second-order valence-electron chi connectivity index (χ2n) is 7.80. The summed E-state index contributed by atoms with van der Waals surface area (Å²) in [7, 11) is 3.25. The van der Waals surface area contributed by atoms with Crippen LogP contribution in [0.15, 0.2) is 54.6 Å². The molecule has 0 unspecified atom stereocenters. The molecule has 0 bridgehead atoms. The quantitative estimate of drug-likeness (QED) is 0.463. The Labute approximate surface area is 189 Å². The SMILES string of the molecule is COCCN(Cc1c(C)nn(-c2ccccc2)c1Oc1cccc(OC)c1)C(=O)C(C)C. The number of aromatic nitrogens is 2. The number of para-hydroxylation sites is 1. The number of carbonyl (C=O) groups is 1. The van der Waals surface area contributed by atoms with E-state index in [0.717, 1.165) is 16.9 Å². The largest absolute Gasteiger partial charge is 0.497 e. The Kier molecular flexibility index (Phi) is 7.89. The molecule has 3 rings (SSSR count). The fourth-order valence-electron chi connectivity index (χ4n) is 3.37. The zero-order valence-electron chi connectivity index (χ0n) is 19.4. The molecule has 0 spiro atoms. The van der Waals surface area contributed by atoms with Gasteiger partial charge in [-0.3, -0.25) is 4.79 Å². The van der Waals surface area contributed by atoms with Crippen LogP contribution in [0.5, 0.6) is 17.4 Å². The molecule has 3 aromatic rings. The molecule has 7 nitrogen and oxygen atoms in total. The lowest BCUT2D eigenvalue weighted by Gasteiger charge is -2.24. The van der Waals surface area contributed by atoms with E-state index in [9.17, 15) is 4.79 Å². The van der Waals surface area contributed by atoms with Crippen LogP contribution in [-0.4, -0.2) is 48.0 Å². The van der Waals surface area contributed by atoms with Crippen molar-refractivity contribution in [3.8, 4) is 23.1 Å². The number of aryl methyl sites for hydroxylation is 1. The maximum Gasteiger partial charge on any atom is 0.227 e. The number of methoxy groups -OCH3 is 2. The first-order chi connectivity index (χ1) is 15.4. The van der Waals surface area contributed by atoms with Crippen molar-refractivity contribution in [1.29, 1.82) is 0 Å². The van der Waals surface area contributed by atoms with Gasteiger partial charge in [0.05, 0.1) is 37.2 Å². The predicted octanol–water partition coefficient (Wildman–Crippen LogP) is 4.61. The normalized spacial score (nSPS) is 10.9. The molecule has 0 radical (unpaired) electrons. The Balaban J connectivity index is 2.05. The summed E-state index contributed by atoms with van der Waals surface area (Å²) in [5, 5.41) is 4.75. The molecule has 0 aliphatic rings. The van der Waals surface area contributed by atoms with Crippen LogP contribution in [0.1, 0.15) is 25.1 Å². The van der Waals surface area contributed by atoms with E-state index in [-0.39, 0.29) is 11.8 Å². The Morgan fingerprint density at radius 1 is 1.06 bits per heavy atom. The summed E-state index contributed by atoms with van der Waals surface area (Å²) in [6, 6.07) is 17.2. The van der Waals surface area contributed by atoms with Gasteiger partial charge >= 0.3 is 0 Å². The zero-order valence-corrected chi connectivity index (χ0v) is 19.4. The van der Waals surface area contributed by atoms with Gasteiger partial charge in [0.15, 0.2) is 0 Å². The smallest absolute Gasteiger partial charge is 0.227 e. The molecule has 0 saturated heterocycles. The van der Waals surface area contributed by atoms with Gasteiger partial charge in [-0.15, -0.1) is 0 Å². The van der Waals surface area contributed by atoms with Crippen molar-refractivity contribution in [1.82, 2.24) is 14.7 Å².